The van der Waals surface area contributed by atoms with Gasteiger partial charge in [0.15, 0.2) is 5.58 Å². The van der Waals surface area contributed by atoms with Gasteiger partial charge < -0.3 is 9.42 Å². The molecule has 4 nitrogen and oxygen atoms in total. The Morgan fingerprint density at radius 3 is 2.70 bits per heavy atom. The Bertz CT molecular complexity index is 844. The van der Waals surface area contributed by atoms with Gasteiger partial charge in [-0.05, 0) is 30.7 Å². The maximum absolute atomic E-state index is 12.6. The highest BCUT2D eigenvalue weighted by molar-refractivity contribution is 6.31. The number of fused-ring (bicyclic) bond motifs is 1. The number of amides is 1. The van der Waals surface area contributed by atoms with Crippen LogP contribution < -0.4 is 0 Å². The number of nitrogens with zero attached hydrogens (tertiary/aromatic N) is 2. The van der Waals surface area contributed by atoms with Crippen molar-refractivity contribution in [1.82, 2.24) is 10.1 Å². The molecule has 0 fully saturated rings. The largest absolute Gasteiger partial charge is 0.356 e. The van der Waals surface area contributed by atoms with Gasteiger partial charge >= 0.3 is 0 Å². The molecule has 2 aromatic carbocycles. The Kier molecular flexibility index (Phi) is 4.35. The Hall–Kier alpha value is -2.33. The molecule has 1 atom stereocenters. The second kappa shape index (κ2) is 6.42. The van der Waals surface area contributed by atoms with Crippen LogP contribution in [0, 0.1) is 0 Å². The number of hydrogen-bond acceptors (Lipinski definition) is 3. The second-order valence-electron chi connectivity index (χ2n) is 5.50. The number of halogens is 1. The fourth-order valence-corrected chi connectivity index (χ4v) is 2.87. The first-order valence-electron chi connectivity index (χ1n) is 7.41. The van der Waals surface area contributed by atoms with Gasteiger partial charge in [0, 0.05) is 17.5 Å². The molecular formula is C18H17ClN2O2. The monoisotopic (exact) mass is 328 g/mol. The Morgan fingerprint density at radius 1 is 1.22 bits per heavy atom. The predicted molar refractivity (Wildman–Crippen MR) is 90.4 cm³/mol. The number of likely N-dealkylation sites (N-methyl/N-ethyl adjacent to an activating group) is 1. The van der Waals surface area contributed by atoms with E-state index < -0.39 is 0 Å². The van der Waals surface area contributed by atoms with Crippen molar-refractivity contribution >= 4 is 28.5 Å². The summed E-state index contributed by atoms with van der Waals surface area (Å²) < 4.78 is 5.25. The van der Waals surface area contributed by atoms with E-state index >= 15 is 0 Å². The minimum absolute atomic E-state index is 0.0310. The van der Waals surface area contributed by atoms with Crippen LogP contribution in [0.1, 0.15) is 24.2 Å². The van der Waals surface area contributed by atoms with Crippen molar-refractivity contribution < 1.29 is 9.32 Å². The minimum Gasteiger partial charge on any atom is -0.356 e. The van der Waals surface area contributed by atoms with Gasteiger partial charge in [-0.1, -0.05) is 47.1 Å². The van der Waals surface area contributed by atoms with Crippen LogP contribution in [0.2, 0.25) is 5.02 Å². The van der Waals surface area contributed by atoms with Crippen LogP contribution in [0.25, 0.3) is 11.0 Å². The standard InChI is InChI=1S/C18H17ClN2O2/c1-12(13-7-3-5-9-15(13)19)21(2)18(22)11-16-14-8-4-6-10-17(14)23-20-16/h3-10,12H,11H2,1-2H3. The lowest BCUT2D eigenvalue weighted by Gasteiger charge is -2.25. The maximum Gasteiger partial charge on any atom is 0.228 e. The van der Waals surface area contributed by atoms with E-state index in [4.69, 9.17) is 16.1 Å². The van der Waals surface area contributed by atoms with Crippen molar-refractivity contribution in [3.8, 4) is 0 Å². The van der Waals surface area contributed by atoms with E-state index in [-0.39, 0.29) is 18.4 Å². The zero-order chi connectivity index (χ0) is 16.4. The van der Waals surface area contributed by atoms with Gasteiger partial charge in [0.1, 0.15) is 5.69 Å². The second-order valence-corrected chi connectivity index (χ2v) is 5.91. The lowest BCUT2D eigenvalue weighted by molar-refractivity contribution is -0.131. The summed E-state index contributed by atoms with van der Waals surface area (Å²) in [6, 6.07) is 15.0. The van der Waals surface area contributed by atoms with Crippen LogP contribution in [0.15, 0.2) is 53.1 Å². The lowest BCUT2D eigenvalue weighted by Crippen LogP contribution is -2.31. The summed E-state index contributed by atoms with van der Waals surface area (Å²) in [5.74, 6) is -0.0310. The van der Waals surface area contributed by atoms with Gasteiger partial charge in [-0.2, -0.15) is 0 Å². The molecule has 0 aliphatic heterocycles. The summed E-state index contributed by atoms with van der Waals surface area (Å²) in [6.45, 7) is 1.96. The summed E-state index contributed by atoms with van der Waals surface area (Å²) in [6.07, 6.45) is 0.197. The molecular weight excluding hydrogens is 312 g/mol. The summed E-state index contributed by atoms with van der Waals surface area (Å²) >= 11 is 6.22. The first-order valence-corrected chi connectivity index (χ1v) is 7.79. The third-order valence-electron chi connectivity index (χ3n) is 4.10. The van der Waals surface area contributed by atoms with Gasteiger partial charge in [-0.25, -0.2) is 0 Å². The molecule has 5 heteroatoms. The molecule has 0 N–H and O–H groups in total. The molecule has 1 heterocycles. The van der Waals surface area contributed by atoms with Gasteiger partial charge in [-0.3, -0.25) is 4.79 Å². The molecule has 0 saturated heterocycles. The van der Waals surface area contributed by atoms with Crippen LogP contribution in [-0.4, -0.2) is 23.0 Å². The van der Waals surface area contributed by atoms with E-state index in [9.17, 15) is 4.79 Å². The van der Waals surface area contributed by atoms with Gasteiger partial charge in [0.25, 0.3) is 0 Å². The zero-order valence-electron chi connectivity index (χ0n) is 13.0. The quantitative estimate of drug-likeness (QED) is 0.719. The first-order chi connectivity index (χ1) is 11.1. The van der Waals surface area contributed by atoms with Crippen molar-refractivity contribution in [2.24, 2.45) is 0 Å². The molecule has 0 spiro atoms. The van der Waals surface area contributed by atoms with E-state index in [0.717, 1.165) is 10.9 Å². The molecule has 1 unspecified atom stereocenters. The van der Waals surface area contributed by atoms with Crippen LogP contribution in [-0.2, 0) is 11.2 Å². The minimum atomic E-state index is -0.116. The SMILES string of the molecule is CC(c1ccccc1Cl)N(C)C(=O)Cc1noc2ccccc12. The highest BCUT2D eigenvalue weighted by Gasteiger charge is 2.21. The topological polar surface area (TPSA) is 46.3 Å². The smallest absolute Gasteiger partial charge is 0.228 e. The first kappa shape index (κ1) is 15.6. The average molecular weight is 329 g/mol. The third-order valence-corrected chi connectivity index (χ3v) is 4.44. The molecule has 3 rings (SSSR count). The number of benzene rings is 2. The van der Waals surface area contributed by atoms with Crippen molar-refractivity contribution in [1.29, 1.82) is 0 Å². The van der Waals surface area contributed by atoms with Crippen molar-refractivity contribution in [2.75, 3.05) is 7.05 Å². The summed E-state index contributed by atoms with van der Waals surface area (Å²) in [5, 5.41) is 5.55. The Balaban J connectivity index is 1.79. The normalized spacial score (nSPS) is 12.3. The summed E-state index contributed by atoms with van der Waals surface area (Å²) in [5.41, 5.74) is 2.27. The molecule has 118 valence electrons. The van der Waals surface area contributed by atoms with E-state index in [0.29, 0.717) is 16.3 Å². The molecule has 1 aromatic heterocycles. The molecule has 23 heavy (non-hydrogen) atoms. The Labute approximate surface area is 139 Å². The number of carbonyl (C=O) groups is 1. The fraction of sp³-hybridized carbons (Fsp3) is 0.222. The molecule has 3 aromatic rings. The van der Waals surface area contributed by atoms with Crippen molar-refractivity contribution in [3.05, 3.63) is 64.8 Å². The summed E-state index contributed by atoms with van der Waals surface area (Å²) in [7, 11) is 1.78. The van der Waals surface area contributed by atoms with Crippen molar-refractivity contribution in [2.45, 2.75) is 19.4 Å². The van der Waals surface area contributed by atoms with Crippen LogP contribution in [0.5, 0.6) is 0 Å². The highest BCUT2D eigenvalue weighted by atomic mass is 35.5. The van der Waals surface area contributed by atoms with E-state index in [1.165, 1.54) is 0 Å². The van der Waals surface area contributed by atoms with Crippen molar-refractivity contribution in [3.63, 3.8) is 0 Å². The number of para-hydroxylation sites is 1. The molecule has 0 bridgehead atoms. The van der Waals surface area contributed by atoms with E-state index in [1.807, 2.05) is 55.5 Å². The molecule has 0 radical (unpaired) electrons. The molecule has 0 saturated carbocycles. The fourth-order valence-electron chi connectivity index (χ4n) is 2.57. The van der Waals surface area contributed by atoms with Gasteiger partial charge in [0.2, 0.25) is 5.91 Å². The van der Waals surface area contributed by atoms with E-state index in [2.05, 4.69) is 5.16 Å². The number of aromatic nitrogens is 1. The van der Waals surface area contributed by atoms with Crippen LogP contribution >= 0.6 is 11.6 Å². The predicted octanol–water partition coefficient (Wildman–Crippen LogP) is 4.24. The Morgan fingerprint density at radius 2 is 1.91 bits per heavy atom. The van der Waals surface area contributed by atoms with Crippen LogP contribution in [0.3, 0.4) is 0 Å². The third kappa shape index (κ3) is 3.08. The molecule has 0 aliphatic rings. The summed E-state index contributed by atoms with van der Waals surface area (Å²) in [4.78, 5) is 14.3. The maximum atomic E-state index is 12.6. The highest BCUT2D eigenvalue weighted by Crippen LogP contribution is 2.27. The van der Waals surface area contributed by atoms with Crippen LogP contribution in [0.4, 0.5) is 0 Å². The van der Waals surface area contributed by atoms with Gasteiger partial charge in [-0.15, -0.1) is 0 Å². The molecule has 0 aliphatic carbocycles. The number of carbonyl (C=O) groups excluding carboxylic acids is 1. The molecule has 1 amide bonds. The average Bonchev–Trinajstić information content (AvgIpc) is 2.97. The van der Waals surface area contributed by atoms with E-state index in [1.54, 1.807) is 11.9 Å². The lowest BCUT2D eigenvalue weighted by atomic mass is 10.1. The van der Waals surface area contributed by atoms with Gasteiger partial charge in [0.05, 0.1) is 12.5 Å². The number of hydrogen-bond donors (Lipinski definition) is 0. The number of rotatable bonds is 4. The zero-order valence-corrected chi connectivity index (χ0v) is 13.7.